The molecule has 0 saturated carbocycles. The van der Waals surface area contributed by atoms with E-state index in [4.69, 9.17) is 63.5 Å². The Labute approximate surface area is 563 Å². The Morgan fingerprint density at radius 3 is 1.06 bits per heavy atom. The van der Waals surface area contributed by atoms with Gasteiger partial charge in [-0.05, 0) is 40.0 Å². The predicted octanol–water partition coefficient (Wildman–Crippen LogP) is -8.65. The molecule has 16 unspecified atom stereocenters. The second-order valence-corrected chi connectivity index (χ2v) is 26.5. The van der Waals surface area contributed by atoms with Crippen molar-refractivity contribution in [2.75, 3.05) is 151 Å². The lowest BCUT2D eigenvalue weighted by molar-refractivity contribution is -0.272. The highest BCUT2D eigenvalue weighted by Gasteiger charge is 2.48. The molecule has 3 fully saturated rings. The lowest BCUT2D eigenvalue weighted by atomic mass is 9.97. The molecule has 7 amide bonds. The molecule has 0 radical (unpaired) electrons. The molecule has 96 heavy (non-hydrogen) atoms. The summed E-state index contributed by atoms with van der Waals surface area (Å²) in [5, 5.41) is 110. The van der Waals surface area contributed by atoms with Gasteiger partial charge in [-0.3, -0.25) is 43.4 Å². The monoisotopic (exact) mass is 1430 g/mol. The smallest absolute Gasteiger partial charge is 0.234 e. The Morgan fingerprint density at radius 2 is 0.760 bits per heavy atom. The number of aliphatic hydroxyl groups excluding tert-OH is 9. The molecule has 3 rings (SSSR count). The lowest BCUT2D eigenvalue weighted by Crippen LogP contribution is -2.64. The van der Waals surface area contributed by atoms with E-state index < -0.39 is 165 Å². The Bertz CT molecular complexity index is 2270. The van der Waals surface area contributed by atoms with Gasteiger partial charge in [0.1, 0.15) is 79.8 Å². The molecule has 3 saturated heterocycles. The third-order valence-corrected chi connectivity index (χ3v) is 16.2. The molecule has 0 aromatic heterocycles. The van der Waals surface area contributed by atoms with Crippen molar-refractivity contribution in [1.82, 2.24) is 47.0 Å². The molecule has 16 N–H and O–H groups in total. The number of nitrogens with one attached hydrogen (secondary N) is 7. The maximum absolute atomic E-state index is 13.4. The van der Waals surface area contributed by atoms with E-state index in [1.54, 1.807) is 30.6 Å². The summed E-state index contributed by atoms with van der Waals surface area (Å²) in [4.78, 5) is 105. The van der Waals surface area contributed by atoms with Crippen LogP contribution >= 0.6 is 6.72 Å². The van der Waals surface area contributed by atoms with Crippen LogP contribution < -0.4 is 42.1 Å². The van der Waals surface area contributed by atoms with Crippen LogP contribution in [0.5, 0.6) is 0 Å². The van der Waals surface area contributed by atoms with E-state index in [2.05, 4.69) is 37.2 Å². The number of ether oxygens (including phenoxy) is 9. The molecule has 3 aliphatic heterocycles. The standard InChI is InChI=1S/C57H106N9O28PS/c1-35(70)62-45-51(80)48(77)38(32-67)91-54(45)87-25-22-84-19-13-59-42(74)29-65(28-41(73)58-12-9-7-8-10-18-90-95(83,96)94-57(4,5)6)16-11-17-66(30-43(75)60-14-20-85-23-26-88-55-46(63-36(2)71)52(81)49(78)39(33-68)92-55)31-44(76)61-15-21-86-24-27-89-56-47(64-37(3)72)53(82)50(79)40(34-69)93-56/h38-40,45-56,67-69,77-82H,7-34H2,1-6H3,(H,58,73)(H,59,74)(H,60,75)(H,61,76)(H,62,70)(H,63,71)(H,64,72)(H,83,96)/p-1. The number of amides is 7. The Hall–Kier alpha value is -3.98. The Kier molecular flexibility index (Phi) is 41.7. The van der Waals surface area contributed by atoms with E-state index in [1.165, 1.54) is 20.8 Å². The molecule has 0 aromatic rings. The zero-order chi connectivity index (χ0) is 71.4. The minimum absolute atomic E-state index is 0.00440. The quantitative estimate of drug-likeness (QED) is 0.0199. The largest absolute Gasteiger partial charge is 0.780 e. The number of hydrogen-bond acceptors (Lipinski definition) is 31. The SMILES string of the molecule is CC(=O)NC1C(OCCOCCNC(=O)CN(CCCN(CC(=O)NCCOCCOC2OC(CO)C(O)C(O)C2NC(C)=O)CC(=O)NCCOCCOC2OC(CO)C(O)C(O)C2NC(C)=O)CC(=O)NCCCCCCOP([O-])(=S)OC(C)(C)C)OC(CO)C(O)C1O. The van der Waals surface area contributed by atoms with Gasteiger partial charge in [0.05, 0.1) is 118 Å². The third-order valence-electron chi connectivity index (χ3n) is 14.4. The Morgan fingerprint density at radius 1 is 0.448 bits per heavy atom. The first-order valence-corrected chi connectivity index (χ1v) is 34.5. The van der Waals surface area contributed by atoms with Gasteiger partial charge in [-0.15, -0.1) is 0 Å². The lowest BCUT2D eigenvalue weighted by Gasteiger charge is -2.42. The molecule has 558 valence electrons. The zero-order valence-corrected chi connectivity index (χ0v) is 57.2. The number of aliphatic hydroxyl groups is 9. The van der Waals surface area contributed by atoms with E-state index in [1.807, 2.05) is 0 Å². The van der Waals surface area contributed by atoms with Gasteiger partial charge in [-0.1, -0.05) is 24.6 Å². The van der Waals surface area contributed by atoms with Gasteiger partial charge in [0.2, 0.25) is 41.4 Å². The number of nitrogens with zero attached hydrogens (tertiary/aromatic N) is 2. The summed E-state index contributed by atoms with van der Waals surface area (Å²) >= 11 is 4.97. The summed E-state index contributed by atoms with van der Waals surface area (Å²) in [6.45, 7) is 2.29. The van der Waals surface area contributed by atoms with Crippen molar-refractivity contribution < 1.29 is 136 Å². The molecule has 16 atom stereocenters. The van der Waals surface area contributed by atoms with Gasteiger partial charge < -0.3 is 140 Å². The molecular formula is C57H105N9O28PS-. The number of rotatable bonds is 48. The predicted molar refractivity (Wildman–Crippen MR) is 335 cm³/mol. The second-order valence-electron chi connectivity index (χ2n) is 23.8. The van der Waals surface area contributed by atoms with Crippen LogP contribution in [0.2, 0.25) is 0 Å². The Balaban J connectivity index is 1.62. The van der Waals surface area contributed by atoms with Crippen LogP contribution in [0.3, 0.4) is 0 Å². The average molecular weight is 1430 g/mol. The van der Waals surface area contributed by atoms with E-state index in [0.29, 0.717) is 32.2 Å². The zero-order valence-electron chi connectivity index (χ0n) is 55.5. The van der Waals surface area contributed by atoms with Gasteiger partial charge in [-0.2, -0.15) is 0 Å². The van der Waals surface area contributed by atoms with Crippen molar-refractivity contribution >= 4 is 59.9 Å². The van der Waals surface area contributed by atoms with Gasteiger partial charge in [-0.25, -0.2) is 0 Å². The highest BCUT2D eigenvalue weighted by molar-refractivity contribution is 8.06. The topological polar surface area (TPSA) is 517 Å². The van der Waals surface area contributed by atoms with Gasteiger partial charge >= 0.3 is 0 Å². The van der Waals surface area contributed by atoms with Crippen LogP contribution in [0.15, 0.2) is 0 Å². The van der Waals surface area contributed by atoms with Crippen molar-refractivity contribution in [1.29, 1.82) is 0 Å². The summed E-state index contributed by atoms with van der Waals surface area (Å²) in [5.74, 6) is -3.48. The maximum Gasteiger partial charge on any atom is 0.234 e. The molecule has 37 nitrogen and oxygen atoms in total. The summed E-state index contributed by atoms with van der Waals surface area (Å²) in [6.07, 6.45) is -13.6. The first-order chi connectivity index (χ1) is 45.5. The highest BCUT2D eigenvalue weighted by atomic mass is 32.5. The summed E-state index contributed by atoms with van der Waals surface area (Å²) in [5.41, 5.74) is -0.744. The van der Waals surface area contributed by atoms with Gasteiger partial charge in [0.15, 0.2) is 18.9 Å². The van der Waals surface area contributed by atoms with Crippen LogP contribution in [0.1, 0.15) is 73.6 Å². The first-order valence-electron chi connectivity index (χ1n) is 31.9. The second kappa shape index (κ2) is 46.4. The molecule has 0 spiro atoms. The summed E-state index contributed by atoms with van der Waals surface area (Å²) in [7, 11) is 0. The van der Waals surface area contributed by atoms with Crippen molar-refractivity contribution in [2.24, 2.45) is 0 Å². The van der Waals surface area contributed by atoms with Crippen LogP contribution in [-0.4, -0.2) is 346 Å². The van der Waals surface area contributed by atoms with Crippen LogP contribution in [0.4, 0.5) is 0 Å². The number of carbonyl (C=O) groups is 7. The van der Waals surface area contributed by atoms with Crippen molar-refractivity contribution in [3.05, 3.63) is 0 Å². The number of carbonyl (C=O) groups excluding carboxylic acids is 7. The molecule has 3 aliphatic rings. The molecule has 39 heteroatoms. The molecule has 0 aliphatic carbocycles. The van der Waals surface area contributed by atoms with Gasteiger partial charge in [0.25, 0.3) is 0 Å². The molecule has 0 bridgehead atoms. The summed E-state index contributed by atoms with van der Waals surface area (Å²) in [6, 6.07) is -3.48. The van der Waals surface area contributed by atoms with E-state index in [9.17, 15) is 84.4 Å². The average Bonchev–Trinajstić information content (AvgIpc) is 0.828. The van der Waals surface area contributed by atoms with Crippen LogP contribution in [0, 0.1) is 0 Å². The maximum atomic E-state index is 13.4. The van der Waals surface area contributed by atoms with E-state index >= 15 is 0 Å². The summed E-state index contributed by atoms with van der Waals surface area (Å²) < 4.78 is 61.1. The van der Waals surface area contributed by atoms with E-state index in [-0.39, 0.29) is 131 Å². The van der Waals surface area contributed by atoms with Crippen molar-refractivity contribution in [3.63, 3.8) is 0 Å². The van der Waals surface area contributed by atoms with Crippen LogP contribution in [0.25, 0.3) is 0 Å². The molecule has 3 heterocycles. The normalized spacial score (nSPS) is 26.8. The minimum Gasteiger partial charge on any atom is -0.780 e. The van der Waals surface area contributed by atoms with Crippen LogP contribution in [-0.2, 0) is 97.0 Å². The molecule has 0 aromatic carbocycles. The third kappa shape index (κ3) is 34.4. The van der Waals surface area contributed by atoms with E-state index in [0.717, 1.165) is 0 Å². The van der Waals surface area contributed by atoms with Crippen molar-refractivity contribution in [3.8, 4) is 0 Å². The fourth-order valence-corrected chi connectivity index (χ4v) is 11.9. The number of unbranched alkanes of at least 4 members (excludes halogenated alkanes) is 3. The fraction of sp³-hybridized carbons (Fsp3) is 0.877. The number of hydrogen-bond donors (Lipinski definition) is 16. The highest BCUT2D eigenvalue weighted by Crippen LogP contribution is 2.43. The molecular weight excluding hydrogens is 1320 g/mol. The van der Waals surface area contributed by atoms with Gasteiger partial charge in [0, 0.05) is 60.0 Å². The van der Waals surface area contributed by atoms with Crippen molar-refractivity contribution in [2.45, 2.75) is 171 Å². The fourth-order valence-electron chi connectivity index (χ4n) is 9.93. The first kappa shape index (κ1) is 86.2. The minimum atomic E-state index is -3.66.